The van der Waals surface area contributed by atoms with Crippen LogP contribution in [0.1, 0.15) is 0 Å². The molecule has 15 heavy (non-hydrogen) atoms. The maximum Gasteiger partial charge on any atom is 1.00 e. The largest absolute Gasteiger partial charge is 1.00 e. The van der Waals surface area contributed by atoms with Crippen LogP contribution in [-0.2, 0) is 24.4 Å². The molecule has 0 bridgehead atoms. The average Bonchev–Trinajstić information content (AvgIpc) is 2.09. The molecular weight excluding hydrogens is 235 g/mol. The van der Waals surface area contributed by atoms with E-state index < -0.39 is 21.0 Å². The third-order valence-electron chi connectivity index (χ3n) is 1.06. The Labute approximate surface area is 110 Å². The second-order valence-electron chi connectivity index (χ2n) is 2.05. The van der Waals surface area contributed by atoms with Crippen molar-refractivity contribution in [1.29, 1.82) is 0 Å². The van der Waals surface area contributed by atoms with Gasteiger partial charge < -0.3 is 14.0 Å². The predicted octanol–water partition coefficient (Wildman–Crippen LogP) is -3.25. The van der Waals surface area contributed by atoms with E-state index in [4.69, 9.17) is 0 Å². The molecule has 0 heterocycles. The van der Waals surface area contributed by atoms with Crippen molar-refractivity contribution in [2.75, 3.05) is 13.7 Å². The maximum atomic E-state index is 10.8. The Morgan fingerprint density at radius 2 is 2.07 bits per heavy atom. The number of carbonyl (C=O) groups excluding carboxylic acids is 1. The van der Waals surface area contributed by atoms with Crippen LogP contribution in [-0.4, -0.2) is 32.7 Å². The number of ether oxygens (including phenoxy) is 2. The third kappa shape index (κ3) is 6.69. The Bertz CT molecular complexity index is 344. The van der Waals surface area contributed by atoms with E-state index in [-0.39, 0.29) is 36.2 Å². The van der Waals surface area contributed by atoms with Crippen molar-refractivity contribution >= 4 is 16.1 Å². The fraction of sp³-hybridized carbons (Fsp3) is 0.286. The molecule has 0 aliphatic rings. The van der Waals surface area contributed by atoms with Gasteiger partial charge in [0.15, 0.2) is 4.91 Å². The third-order valence-corrected chi connectivity index (χ3v) is 1.86. The average molecular weight is 244 g/mol. The fourth-order valence-electron chi connectivity index (χ4n) is 0.502. The number of rotatable bonds is 5. The summed E-state index contributed by atoms with van der Waals surface area (Å²) in [7, 11) is -3.93. The van der Waals surface area contributed by atoms with Crippen LogP contribution >= 0.6 is 0 Å². The van der Waals surface area contributed by atoms with Gasteiger partial charge in [0.2, 0.25) is 0 Å². The van der Waals surface area contributed by atoms with E-state index in [9.17, 15) is 17.8 Å². The summed E-state index contributed by atoms with van der Waals surface area (Å²) in [5.74, 6) is -1.26. The minimum atomic E-state index is -4.88. The van der Waals surface area contributed by atoms with E-state index >= 15 is 0 Å². The molecule has 0 spiro atoms. The van der Waals surface area contributed by atoms with E-state index in [0.717, 1.165) is 7.11 Å². The van der Waals surface area contributed by atoms with E-state index in [2.05, 4.69) is 16.1 Å². The summed E-state index contributed by atoms with van der Waals surface area (Å²) in [5, 5.41) is 0. The summed E-state index contributed by atoms with van der Waals surface area (Å²) in [6, 6.07) is 0. The number of hydrogen-bond acceptors (Lipinski definition) is 6. The van der Waals surface area contributed by atoms with Gasteiger partial charge in [-0.2, -0.15) is 0 Å². The van der Waals surface area contributed by atoms with Crippen LogP contribution in [0.5, 0.6) is 0 Å². The Morgan fingerprint density at radius 1 is 1.53 bits per heavy atom. The summed E-state index contributed by atoms with van der Waals surface area (Å²) in [5.41, 5.74) is 0. The molecule has 0 aromatic rings. The minimum Gasteiger partial charge on any atom is -0.744 e. The molecule has 0 saturated carbocycles. The molecule has 8 heteroatoms. The molecule has 6 nitrogen and oxygen atoms in total. The van der Waals surface area contributed by atoms with Gasteiger partial charge in [-0.3, -0.25) is 0 Å². The molecule has 0 aromatic carbocycles. The molecule has 0 aliphatic heterocycles. The van der Waals surface area contributed by atoms with Crippen LogP contribution in [0.25, 0.3) is 0 Å². The van der Waals surface area contributed by atoms with Crippen LogP contribution in [0.2, 0.25) is 0 Å². The monoisotopic (exact) mass is 244 g/mol. The van der Waals surface area contributed by atoms with Crippen LogP contribution in [0.3, 0.4) is 0 Å². The van der Waals surface area contributed by atoms with Crippen molar-refractivity contribution in [3.05, 3.63) is 23.8 Å². The molecule has 0 radical (unpaired) electrons. The van der Waals surface area contributed by atoms with Gasteiger partial charge in [-0.25, -0.2) is 13.2 Å². The molecule has 0 N–H and O–H groups in total. The van der Waals surface area contributed by atoms with E-state index in [1.807, 2.05) is 0 Å². The maximum absolute atomic E-state index is 10.8. The number of esters is 1. The molecule has 0 amide bonds. The predicted molar refractivity (Wildman–Crippen MR) is 45.9 cm³/mol. The first kappa shape index (κ1) is 17.1. The van der Waals surface area contributed by atoms with Crippen molar-refractivity contribution in [1.82, 2.24) is 0 Å². The van der Waals surface area contributed by atoms with Crippen molar-refractivity contribution < 1.29 is 56.8 Å². The topological polar surface area (TPSA) is 92.7 Å². The second-order valence-corrected chi connectivity index (χ2v) is 3.40. The Morgan fingerprint density at radius 3 is 2.40 bits per heavy atom. The van der Waals surface area contributed by atoms with Gasteiger partial charge in [-0.1, -0.05) is 12.7 Å². The summed E-state index contributed by atoms with van der Waals surface area (Å²) in [4.78, 5) is 9.71. The van der Waals surface area contributed by atoms with Crippen LogP contribution in [0.15, 0.2) is 23.8 Å². The van der Waals surface area contributed by atoms with Gasteiger partial charge >= 0.3 is 35.5 Å². The van der Waals surface area contributed by atoms with Gasteiger partial charge in [0.1, 0.15) is 23.0 Å². The molecule has 0 unspecified atom stereocenters. The first-order chi connectivity index (χ1) is 6.43. The van der Waals surface area contributed by atoms with Gasteiger partial charge in [0.05, 0.1) is 7.11 Å². The van der Waals surface area contributed by atoms with Crippen LogP contribution in [0, 0.1) is 0 Å². The SMILES string of the molecule is C=CCOC=C(C(=O)OC)S(=O)(=O)[O-].[Na+]. The quantitative estimate of drug-likeness (QED) is 0.0959. The molecule has 0 saturated heterocycles. The number of methoxy groups -OCH3 is 1. The van der Waals surface area contributed by atoms with Crippen molar-refractivity contribution in [3.63, 3.8) is 0 Å². The van der Waals surface area contributed by atoms with E-state index in [1.165, 1.54) is 6.08 Å². The molecule has 0 atom stereocenters. The Balaban J connectivity index is 0. The number of carbonyl (C=O) groups is 1. The summed E-state index contributed by atoms with van der Waals surface area (Å²) < 4.78 is 40.1. The van der Waals surface area contributed by atoms with Crippen molar-refractivity contribution in [3.8, 4) is 0 Å². The summed E-state index contributed by atoms with van der Waals surface area (Å²) in [6.07, 6.45) is 1.86. The van der Waals surface area contributed by atoms with Crippen LogP contribution < -0.4 is 29.6 Å². The van der Waals surface area contributed by atoms with Gasteiger partial charge in [0.25, 0.3) is 0 Å². The van der Waals surface area contributed by atoms with Crippen LogP contribution in [0.4, 0.5) is 0 Å². The van der Waals surface area contributed by atoms with Crippen molar-refractivity contribution in [2.45, 2.75) is 0 Å². The summed E-state index contributed by atoms with van der Waals surface area (Å²) >= 11 is 0. The first-order valence-corrected chi connectivity index (χ1v) is 4.81. The van der Waals surface area contributed by atoms with Gasteiger partial charge in [-0.15, -0.1) is 0 Å². The fourth-order valence-corrected chi connectivity index (χ4v) is 0.975. The Hall–Kier alpha value is -0.340. The van der Waals surface area contributed by atoms with Crippen molar-refractivity contribution in [2.24, 2.45) is 0 Å². The standard InChI is InChI=1S/C7H10O6S.Na/c1-3-4-13-5-6(7(8)12-2)14(9,10)11;/h3,5H,1,4H2,2H3,(H,9,10,11);/q;+1/p-1. The van der Waals surface area contributed by atoms with Gasteiger partial charge in [0, 0.05) is 0 Å². The number of hydrogen-bond donors (Lipinski definition) is 0. The first-order valence-electron chi connectivity index (χ1n) is 3.40. The smallest absolute Gasteiger partial charge is 0.744 e. The molecular formula is C7H9NaO6S. The Kier molecular flexibility index (Phi) is 8.98. The molecule has 0 aromatic heterocycles. The molecule has 0 fully saturated rings. The molecule has 0 aliphatic carbocycles. The zero-order valence-electron chi connectivity index (χ0n) is 8.43. The molecule has 0 rings (SSSR count). The van der Waals surface area contributed by atoms with Gasteiger partial charge in [-0.05, 0) is 0 Å². The van der Waals surface area contributed by atoms with E-state index in [1.54, 1.807) is 0 Å². The molecule has 80 valence electrons. The zero-order chi connectivity index (χ0) is 11.2. The second kappa shape index (κ2) is 7.89. The minimum absolute atomic E-state index is 0. The summed E-state index contributed by atoms with van der Waals surface area (Å²) in [6.45, 7) is 3.27. The zero-order valence-corrected chi connectivity index (χ0v) is 11.2. The normalized spacial score (nSPS) is 11.2. The van der Waals surface area contributed by atoms with E-state index in [0.29, 0.717) is 6.26 Å².